The Morgan fingerprint density at radius 3 is 2.96 bits per heavy atom. The van der Waals surface area contributed by atoms with Crippen molar-refractivity contribution in [3.63, 3.8) is 0 Å². The summed E-state index contributed by atoms with van der Waals surface area (Å²) in [7, 11) is 0. The van der Waals surface area contributed by atoms with Crippen molar-refractivity contribution in [2.75, 3.05) is 0 Å². The Hall–Kier alpha value is -3.21. The van der Waals surface area contributed by atoms with Crippen LogP contribution < -0.4 is 5.32 Å². The van der Waals surface area contributed by atoms with Gasteiger partial charge in [0.1, 0.15) is 0 Å². The molecule has 1 unspecified atom stereocenters. The summed E-state index contributed by atoms with van der Waals surface area (Å²) in [6.45, 7) is 0. The first-order valence-corrected chi connectivity index (χ1v) is 9.32. The fraction of sp³-hybridized carbons (Fsp3) is 0.227. The van der Waals surface area contributed by atoms with Gasteiger partial charge in [0.25, 0.3) is 11.8 Å². The molecule has 2 N–H and O–H groups in total. The van der Waals surface area contributed by atoms with Crippen molar-refractivity contribution in [1.82, 2.24) is 10.3 Å². The van der Waals surface area contributed by atoms with Crippen LogP contribution >= 0.6 is 0 Å². The second kappa shape index (κ2) is 6.20. The lowest BCUT2D eigenvalue weighted by Crippen LogP contribution is -2.37. The monoisotopic (exact) mass is 357 g/mol. The number of fused-ring (bicyclic) bond motifs is 3. The van der Waals surface area contributed by atoms with Crippen LogP contribution in [0.4, 0.5) is 0 Å². The zero-order valence-electron chi connectivity index (χ0n) is 14.8. The molecule has 0 spiro atoms. The summed E-state index contributed by atoms with van der Waals surface area (Å²) in [6.07, 6.45) is 11.6. The molecule has 0 bridgehead atoms. The maximum absolute atomic E-state index is 12.6. The van der Waals surface area contributed by atoms with Gasteiger partial charge in [-0.25, -0.2) is 4.99 Å². The van der Waals surface area contributed by atoms with Crippen LogP contribution in [0.5, 0.6) is 0 Å². The Balaban J connectivity index is 1.45. The molecule has 5 nitrogen and oxygen atoms in total. The number of aliphatic imine (C=N–C) groups is 1. The average Bonchev–Trinajstić information content (AvgIpc) is 3.16. The number of rotatable bonds is 1. The lowest BCUT2D eigenvalue weighted by molar-refractivity contribution is -0.117. The molecule has 1 aromatic carbocycles. The van der Waals surface area contributed by atoms with Gasteiger partial charge < -0.3 is 10.3 Å². The molecule has 5 heteroatoms. The van der Waals surface area contributed by atoms with Crippen LogP contribution in [0, 0.1) is 5.92 Å². The Bertz CT molecular complexity index is 1100. The number of H-pyrrole nitrogens is 1. The standard InChI is InChI=1S/C22H19N3O2/c26-21(14-6-5-13-9-10-23-19(13)11-14)24-15-7-8-17-16-3-1-2-4-18(16)22(27)25-20(17)12-15/h5-12,17,23H,1-4H2,(H,25,27). The van der Waals surface area contributed by atoms with Crippen LogP contribution in [0.15, 0.2) is 70.5 Å². The largest absolute Gasteiger partial charge is 0.361 e. The predicted molar refractivity (Wildman–Crippen MR) is 104 cm³/mol. The average molecular weight is 357 g/mol. The fourth-order valence-corrected chi connectivity index (χ4v) is 4.18. The zero-order chi connectivity index (χ0) is 18.4. The first-order chi connectivity index (χ1) is 13.2. The molecule has 2 heterocycles. The van der Waals surface area contributed by atoms with Gasteiger partial charge in [0.2, 0.25) is 0 Å². The van der Waals surface area contributed by atoms with Crippen molar-refractivity contribution in [2.45, 2.75) is 25.7 Å². The van der Waals surface area contributed by atoms with Gasteiger partial charge in [-0.3, -0.25) is 9.59 Å². The van der Waals surface area contributed by atoms with Crippen molar-refractivity contribution >= 4 is 28.4 Å². The Morgan fingerprint density at radius 2 is 2.04 bits per heavy atom. The Kier molecular flexibility index (Phi) is 3.67. The molecule has 1 atom stereocenters. The number of carbonyl (C=O) groups excluding carboxylic acids is 2. The summed E-state index contributed by atoms with van der Waals surface area (Å²) in [6, 6.07) is 7.46. The number of hydrogen-bond acceptors (Lipinski definition) is 2. The molecule has 0 saturated carbocycles. The van der Waals surface area contributed by atoms with Gasteiger partial charge in [-0.05, 0) is 67.0 Å². The Morgan fingerprint density at radius 1 is 1.15 bits per heavy atom. The van der Waals surface area contributed by atoms with Gasteiger partial charge in [-0.2, -0.15) is 0 Å². The summed E-state index contributed by atoms with van der Waals surface area (Å²) in [5.74, 6) is -0.172. The van der Waals surface area contributed by atoms with E-state index in [-0.39, 0.29) is 17.7 Å². The number of aromatic nitrogens is 1. The van der Waals surface area contributed by atoms with Crippen molar-refractivity contribution < 1.29 is 9.59 Å². The number of allylic oxidation sites excluding steroid dienone is 3. The molecule has 2 aliphatic carbocycles. The number of carbonyl (C=O) groups is 2. The number of aromatic amines is 1. The molecule has 0 radical (unpaired) electrons. The summed E-state index contributed by atoms with van der Waals surface area (Å²) in [5, 5.41) is 4.06. The normalized spacial score (nSPS) is 23.1. The van der Waals surface area contributed by atoms with E-state index in [9.17, 15) is 9.59 Å². The molecule has 1 aromatic heterocycles. The first-order valence-electron chi connectivity index (χ1n) is 9.32. The van der Waals surface area contributed by atoms with Gasteiger partial charge in [0, 0.05) is 34.5 Å². The predicted octanol–water partition coefficient (Wildman–Crippen LogP) is 3.82. The molecule has 2 amide bonds. The van der Waals surface area contributed by atoms with E-state index >= 15 is 0 Å². The molecule has 2 aromatic rings. The zero-order valence-corrected chi connectivity index (χ0v) is 14.8. The van der Waals surface area contributed by atoms with Crippen molar-refractivity contribution in [3.05, 3.63) is 71.1 Å². The highest BCUT2D eigenvalue weighted by Crippen LogP contribution is 2.38. The van der Waals surface area contributed by atoms with Crippen LogP contribution in [0.1, 0.15) is 36.0 Å². The molecule has 1 aliphatic heterocycles. The number of nitrogens with one attached hydrogen (secondary N) is 2. The van der Waals surface area contributed by atoms with Crippen molar-refractivity contribution in [2.24, 2.45) is 10.9 Å². The number of hydrogen-bond donors (Lipinski definition) is 2. The van der Waals surface area contributed by atoms with Crippen molar-refractivity contribution in [1.29, 1.82) is 0 Å². The van der Waals surface area contributed by atoms with Gasteiger partial charge in [0.15, 0.2) is 0 Å². The minimum absolute atomic E-state index is 0.00498. The molecule has 5 rings (SSSR count). The van der Waals surface area contributed by atoms with Crippen LogP contribution in [0.25, 0.3) is 10.9 Å². The topological polar surface area (TPSA) is 74.3 Å². The number of benzene rings is 1. The lowest BCUT2D eigenvalue weighted by Gasteiger charge is -2.33. The fourth-order valence-electron chi connectivity index (χ4n) is 4.18. The van der Waals surface area contributed by atoms with E-state index in [0.29, 0.717) is 11.3 Å². The second-order valence-electron chi connectivity index (χ2n) is 7.22. The lowest BCUT2D eigenvalue weighted by atomic mass is 9.77. The molecule has 3 aliphatic rings. The molecular formula is C22H19N3O2. The van der Waals surface area contributed by atoms with E-state index in [1.807, 2.05) is 36.5 Å². The third-order valence-corrected chi connectivity index (χ3v) is 5.55. The minimum atomic E-state index is -0.291. The first kappa shape index (κ1) is 16.0. The highest BCUT2D eigenvalue weighted by atomic mass is 16.2. The highest BCUT2D eigenvalue weighted by molar-refractivity contribution is 6.14. The van der Waals surface area contributed by atoms with E-state index < -0.39 is 0 Å². The number of amides is 2. The van der Waals surface area contributed by atoms with E-state index in [0.717, 1.165) is 47.9 Å². The Labute approximate surface area is 156 Å². The van der Waals surface area contributed by atoms with Crippen LogP contribution in [-0.4, -0.2) is 22.5 Å². The summed E-state index contributed by atoms with van der Waals surface area (Å²) >= 11 is 0. The number of nitrogens with zero attached hydrogens (tertiary/aromatic N) is 1. The van der Waals surface area contributed by atoms with Gasteiger partial charge in [-0.1, -0.05) is 12.1 Å². The van der Waals surface area contributed by atoms with Gasteiger partial charge >= 0.3 is 0 Å². The van der Waals surface area contributed by atoms with Gasteiger partial charge in [-0.15, -0.1) is 0 Å². The molecule has 0 fully saturated rings. The summed E-state index contributed by atoms with van der Waals surface area (Å²) in [5.41, 5.74) is 5.03. The smallest absolute Gasteiger partial charge is 0.277 e. The quantitative estimate of drug-likeness (QED) is 0.814. The van der Waals surface area contributed by atoms with Gasteiger partial charge in [0.05, 0.1) is 5.71 Å². The van der Waals surface area contributed by atoms with Crippen LogP contribution in [0.2, 0.25) is 0 Å². The molecule has 0 saturated heterocycles. The molecule has 27 heavy (non-hydrogen) atoms. The van der Waals surface area contributed by atoms with Crippen LogP contribution in [0.3, 0.4) is 0 Å². The summed E-state index contributed by atoms with van der Waals surface area (Å²) in [4.78, 5) is 32.3. The minimum Gasteiger partial charge on any atom is -0.361 e. The van der Waals surface area contributed by atoms with E-state index in [1.165, 1.54) is 5.57 Å². The molecular weight excluding hydrogens is 338 g/mol. The second-order valence-corrected chi connectivity index (χ2v) is 7.22. The molecule has 134 valence electrons. The maximum Gasteiger partial charge on any atom is 0.277 e. The third kappa shape index (κ3) is 2.76. The van der Waals surface area contributed by atoms with Crippen molar-refractivity contribution in [3.8, 4) is 0 Å². The van der Waals surface area contributed by atoms with Crippen LogP contribution in [-0.2, 0) is 4.79 Å². The van der Waals surface area contributed by atoms with E-state index in [1.54, 1.807) is 6.07 Å². The van der Waals surface area contributed by atoms with E-state index in [4.69, 9.17) is 0 Å². The highest BCUT2D eigenvalue weighted by Gasteiger charge is 2.33. The third-order valence-electron chi connectivity index (χ3n) is 5.55. The maximum atomic E-state index is 12.6. The van der Waals surface area contributed by atoms with E-state index in [2.05, 4.69) is 21.4 Å². The summed E-state index contributed by atoms with van der Waals surface area (Å²) < 4.78 is 0. The SMILES string of the molecule is O=C1NC2=CC(=NC(=O)c3ccc4cc[nH]c4c3)C=CC2C2=C1CCCC2.